The van der Waals surface area contributed by atoms with E-state index < -0.39 is 0 Å². The van der Waals surface area contributed by atoms with E-state index in [1.807, 2.05) is 48.7 Å². The molecule has 2 rings (SSSR count). The van der Waals surface area contributed by atoms with Crippen LogP contribution in [-0.2, 0) is 4.79 Å². The fourth-order valence-electron chi connectivity index (χ4n) is 2.54. The fraction of sp³-hybridized carbons (Fsp3) is 0.400. The second-order valence-corrected chi connectivity index (χ2v) is 5.85. The number of carbonyl (C=O) groups is 1. The van der Waals surface area contributed by atoms with Crippen LogP contribution < -0.4 is 15.0 Å². The SMILES string of the molecule is CCCN(CCC)c1ccc(NC(=O)CCOc2ccccc2)nc1. The third-order valence-corrected chi connectivity index (χ3v) is 3.71. The third-order valence-electron chi connectivity index (χ3n) is 3.71. The number of para-hydroxylation sites is 1. The van der Waals surface area contributed by atoms with Crippen LogP contribution in [0.2, 0.25) is 0 Å². The third kappa shape index (κ3) is 6.45. The molecule has 0 fully saturated rings. The first-order chi connectivity index (χ1) is 12.2. The molecule has 0 spiro atoms. The van der Waals surface area contributed by atoms with E-state index in [-0.39, 0.29) is 12.3 Å². The van der Waals surface area contributed by atoms with Gasteiger partial charge in [0.05, 0.1) is 24.9 Å². The first kappa shape index (κ1) is 18.8. The monoisotopic (exact) mass is 341 g/mol. The molecule has 0 atom stereocenters. The van der Waals surface area contributed by atoms with Gasteiger partial charge in [-0.3, -0.25) is 4.79 Å². The van der Waals surface area contributed by atoms with E-state index in [9.17, 15) is 4.79 Å². The second-order valence-electron chi connectivity index (χ2n) is 5.85. The van der Waals surface area contributed by atoms with E-state index in [0.29, 0.717) is 12.4 Å². The van der Waals surface area contributed by atoms with E-state index in [0.717, 1.165) is 37.4 Å². The summed E-state index contributed by atoms with van der Waals surface area (Å²) in [6, 6.07) is 13.3. The Morgan fingerprint density at radius 3 is 2.40 bits per heavy atom. The summed E-state index contributed by atoms with van der Waals surface area (Å²) in [5.74, 6) is 1.24. The van der Waals surface area contributed by atoms with Gasteiger partial charge in [-0.15, -0.1) is 0 Å². The molecule has 0 saturated heterocycles. The number of hydrogen-bond donors (Lipinski definition) is 1. The van der Waals surface area contributed by atoms with E-state index in [1.54, 1.807) is 0 Å². The van der Waals surface area contributed by atoms with Crippen LogP contribution in [0.15, 0.2) is 48.7 Å². The molecule has 0 aliphatic rings. The standard InChI is InChI=1S/C20H27N3O2/c1-3-13-23(14-4-2)17-10-11-19(21-16-17)22-20(24)12-15-25-18-8-6-5-7-9-18/h5-11,16H,3-4,12-15H2,1-2H3,(H,21,22,24). The maximum absolute atomic E-state index is 12.0. The number of amides is 1. The van der Waals surface area contributed by atoms with Gasteiger partial charge in [-0.05, 0) is 37.1 Å². The van der Waals surface area contributed by atoms with Crippen molar-refractivity contribution in [1.82, 2.24) is 4.98 Å². The molecular weight excluding hydrogens is 314 g/mol. The number of nitrogens with zero attached hydrogens (tertiary/aromatic N) is 2. The molecule has 0 aliphatic carbocycles. The Bertz CT molecular complexity index is 623. The lowest BCUT2D eigenvalue weighted by molar-refractivity contribution is -0.116. The Balaban J connectivity index is 1.80. The van der Waals surface area contributed by atoms with Gasteiger partial charge in [0.2, 0.25) is 5.91 Å². The topological polar surface area (TPSA) is 54.5 Å². The summed E-state index contributed by atoms with van der Waals surface area (Å²) >= 11 is 0. The van der Waals surface area contributed by atoms with Crippen LogP contribution in [0.5, 0.6) is 5.75 Å². The molecule has 2 aromatic rings. The molecule has 1 heterocycles. The molecule has 1 aromatic carbocycles. The highest BCUT2D eigenvalue weighted by atomic mass is 16.5. The van der Waals surface area contributed by atoms with Gasteiger partial charge in [-0.2, -0.15) is 0 Å². The van der Waals surface area contributed by atoms with Gasteiger partial charge < -0.3 is 15.0 Å². The summed E-state index contributed by atoms with van der Waals surface area (Å²) in [6.07, 6.45) is 4.30. The number of benzene rings is 1. The molecule has 1 amide bonds. The van der Waals surface area contributed by atoms with Crippen molar-refractivity contribution in [2.24, 2.45) is 0 Å². The van der Waals surface area contributed by atoms with Crippen molar-refractivity contribution < 1.29 is 9.53 Å². The minimum absolute atomic E-state index is 0.102. The van der Waals surface area contributed by atoms with Crippen molar-refractivity contribution >= 4 is 17.4 Å². The molecule has 0 radical (unpaired) electrons. The summed E-state index contributed by atoms with van der Waals surface area (Å²) in [6.45, 7) is 6.70. The van der Waals surface area contributed by atoms with Crippen LogP contribution in [0.4, 0.5) is 11.5 Å². The highest BCUT2D eigenvalue weighted by molar-refractivity contribution is 5.89. The minimum Gasteiger partial charge on any atom is -0.493 e. The van der Waals surface area contributed by atoms with Crippen molar-refractivity contribution in [1.29, 1.82) is 0 Å². The zero-order valence-electron chi connectivity index (χ0n) is 15.1. The molecule has 0 unspecified atom stereocenters. The van der Waals surface area contributed by atoms with Gasteiger partial charge in [0.25, 0.3) is 0 Å². The number of nitrogens with one attached hydrogen (secondary N) is 1. The van der Waals surface area contributed by atoms with E-state index in [1.165, 1.54) is 0 Å². The van der Waals surface area contributed by atoms with Gasteiger partial charge >= 0.3 is 0 Å². The Morgan fingerprint density at radius 1 is 1.08 bits per heavy atom. The normalized spacial score (nSPS) is 10.3. The van der Waals surface area contributed by atoms with Crippen molar-refractivity contribution in [3.05, 3.63) is 48.7 Å². The zero-order valence-corrected chi connectivity index (χ0v) is 15.1. The highest BCUT2D eigenvalue weighted by Gasteiger charge is 2.07. The van der Waals surface area contributed by atoms with E-state index in [2.05, 4.69) is 29.0 Å². The summed E-state index contributed by atoms with van der Waals surface area (Å²) in [7, 11) is 0. The van der Waals surface area contributed by atoms with Crippen LogP contribution in [0.3, 0.4) is 0 Å². The largest absolute Gasteiger partial charge is 0.493 e. The highest BCUT2D eigenvalue weighted by Crippen LogP contribution is 2.16. The average molecular weight is 341 g/mol. The number of carbonyl (C=O) groups excluding carboxylic acids is 1. The molecule has 0 aliphatic heterocycles. The minimum atomic E-state index is -0.102. The maximum Gasteiger partial charge on any atom is 0.228 e. The number of rotatable bonds is 10. The lowest BCUT2D eigenvalue weighted by Crippen LogP contribution is -2.25. The number of hydrogen-bond acceptors (Lipinski definition) is 4. The predicted molar refractivity (Wildman–Crippen MR) is 102 cm³/mol. The quantitative estimate of drug-likeness (QED) is 0.706. The summed E-state index contributed by atoms with van der Waals surface area (Å²) in [5, 5.41) is 2.81. The summed E-state index contributed by atoms with van der Waals surface area (Å²) in [4.78, 5) is 18.7. The molecule has 5 heteroatoms. The van der Waals surface area contributed by atoms with Crippen molar-refractivity contribution in [3.8, 4) is 5.75 Å². The molecule has 1 N–H and O–H groups in total. The first-order valence-electron chi connectivity index (χ1n) is 8.91. The maximum atomic E-state index is 12.0. The lowest BCUT2D eigenvalue weighted by Gasteiger charge is -2.23. The zero-order chi connectivity index (χ0) is 17.9. The van der Waals surface area contributed by atoms with Crippen molar-refractivity contribution in [2.75, 3.05) is 29.9 Å². The van der Waals surface area contributed by atoms with Gasteiger partial charge in [0.15, 0.2) is 0 Å². The lowest BCUT2D eigenvalue weighted by atomic mass is 10.3. The molecule has 0 saturated carbocycles. The smallest absolute Gasteiger partial charge is 0.228 e. The summed E-state index contributed by atoms with van der Waals surface area (Å²) in [5.41, 5.74) is 1.09. The molecule has 1 aromatic heterocycles. The van der Waals surface area contributed by atoms with Crippen LogP contribution in [0.25, 0.3) is 0 Å². The Morgan fingerprint density at radius 2 is 1.80 bits per heavy atom. The van der Waals surface area contributed by atoms with Crippen LogP contribution in [0, 0.1) is 0 Å². The predicted octanol–water partition coefficient (Wildman–Crippen LogP) is 4.12. The van der Waals surface area contributed by atoms with Gasteiger partial charge in [-0.25, -0.2) is 4.98 Å². The van der Waals surface area contributed by atoms with Gasteiger partial charge in [0, 0.05) is 13.1 Å². The van der Waals surface area contributed by atoms with E-state index >= 15 is 0 Å². The molecule has 0 bridgehead atoms. The fourth-order valence-corrected chi connectivity index (χ4v) is 2.54. The summed E-state index contributed by atoms with van der Waals surface area (Å²) < 4.78 is 5.53. The Hall–Kier alpha value is -2.56. The number of aromatic nitrogens is 1. The Labute approximate surface area is 150 Å². The average Bonchev–Trinajstić information content (AvgIpc) is 2.63. The molecule has 5 nitrogen and oxygen atoms in total. The molecule has 25 heavy (non-hydrogen) atoms. The number of ether oxygens (including phenoxy) is 1. The number of pyridine rings is 1. The number of anilines is 2. The van der Waals surface area contributed by atoms with Crippen LogP contribution in [-0.4, -0.2) is 30.6 Å². The first-order valence-corrected chi connectivity index (χ1v) is 8.91. The van der Waals surface area contributed by atoms with Gasteiger partial charge in [-0.1, -0.05) is 32.0 Å². The molecular formula is C20H27N3O2. The van der Waals surface area contributed by atoms with E-state index in [4.69, 9.17) is 4.74 Å². The Kier molecular flexibility index (Phi) is 7.76. The van der Waals surface area contributed by atoms with Crippen molar-refractivity contribution in [3.63, 3.8) is 0 Å². The van der Waals surface area contributed by atoms with Crippen molar-refractivity contribution in [2.45, 2.75) is 33.1 Å². The second kappa shape index (κ2) is 10.3. The van der Waals surface area contributed by atoms with Crippen LogP contribution in [0.1, 0.15) is 33.1 Å². The van der Waals surface area contributed by atoms with Gasteiger partial charge in [0.1, 0.15) is 11.6 Å². The molecule has 134 valence electrons. The van der Waals surface area contributed by atoms with Crippen LogP contribution >= 0.6 is 0 Å².